The lowest BCUT2D eigenvalue weighted by Crippen LogP contribution is -2.02. The molecule has 68 valence electrons. The minimum absolute atomic E-state index is 1.03. The van der Waals surface area contributed by atoms with Crippen LogP contribution in [0.5, 0.6) is 0 Å². The van der Waals surface area contributed by atoms with Crippen molar-refractivity contribution in [2.24, 2.45) is 0 Å². The molecule has 0 bridgehead atoms. The van der Waals surface area contributed by atoms with Crippen molar-refractivity contribution >= 4 is 8.80 Å². The summed E-state index contributed by atoms with van der Waals surface area (Å²) < 4.78 is 0. The first-order chi connectivity index (χ1) is 6.86. The van der Waals surface area contributed by atoms with Gasteiger partial charge in [0.15, 0.2) is 0 Å². The van der Waals surface area contributed by atoms with Crippen LogP contribution in [0.1, 0.15) is 12.5 Å². The third kappa shape index (κ3) is 3.35. The van der Waals surface area contributed by atoms with Gasteiger partial charge in [-0.3, -0.25) is 0 Å². The van der Waals surface area contributed by atoms with Gasteiger partial charge in [-0.1, -0.05) is 35.9 Å². The van der Waals surface area contributed by atoms with E-state index in [9.17, 15) is 0 Å². The maximum atomic E-state index is 5.38. The van der Waals surface area contributed by atoms with Crippen LogP contribution in [0.25, 0.3) is 0 Å². The fraction of sp³-hybridized carbons (Fsp3) is 0.0769. The lowest BCUT2D eigenvalue weighted by Gasteiger charge is -1.89. The summed E-state index contributed by atoms with van der Waals surface area (Å²) >= 11 is 0. The molecule has 0 nitrogen and oxygen atoms in total. The van der Waals surface area contributed by atoms with Gasteiger partial charge in [0, 0.05) is 5.56 Å². The zero-order valence-electron chi connectivity index (χ0n) is 8.20. The number of allylic oxidation sites excluding steroid dienone is 1. The Bertz CT molecular complexity index is 398. The third-order valence-electron chi connectivity index (χ3n) is 1.71. The Morgan fingerprint density at radius 2 is 2.00 bits per heavy atom. The topological polar surface area (TPSA) is 0 Å². The number of terminal acetylenes is 1. The van der Waals surface area contributed by atoms with Crippen LogP contribution in [0.3, 0.4) is 0 Å². The van der Waals surface area contributed by atoms with Crippen LogP contribution in [0.2, 0.25) is 0 Å². The van der Waals surface area contributed by atoms with Crippen molar-refractivity contribution < 1.29 is 0 Å². The Balaban J connectivity index is 2.78. The first-order valence-electron chi connectivity index (χ1n) is 4.52. The molecule has 0 aromatic heterocycles. The Morgan fingerprint density at radius 1 is 1.29 bits per heavy atom. The van der Waals surface area contributed by atoms with Crippen molar-refractivity contribution in [2.45, 2.75) is 6.92 Å². The molecule has 0 aliphatic carbocycles. The predicted octanol–water partition coefficient (Wildman–Crippen LogP) is 2.09. The Morgan fingerprint density at radius 3 is 2.57 bits per heavy atom. The van der Waals surface area contributed by atoms with Crippen molar-refractivity contribution in [1.82, 2.24) is 0 Å². The third-order valence-corrected chi connectivity index (χ3v) is 3.29. The van der Waals surface area contributed by atoms with Crippen LogP contribution in [-0.4, -0.2) is 8.80 Å². The summed E-state index contributed by atoms with van der Waals surface area (Å²) in [4.78, 5) is 0. The highest BCUT2D eigenvalue weighted by molar-refractivity contribution is 6.79. The van der Waals surface area contributed by atoms with Gasteiger partial charge in [0.05, 0.1) is 0 Å². The van der Waals surface area contributed by atoms with Crippen LogP contribution >= 0.6 is 0 Å². The van der Waals surface area contributed by atoms with E-state index < -0.39 is 8.80 Å². The molecule has 0 spiro atoms. The van der Waals surface area contributed by atoms with Gasteiger partial charge in [-0.15, -0.1) is 17.5 Å². The minimum atomic E-state index is -1.40. The van der Waals surface area contributed by atoms with E-state index in [-0.39, 0.29) is 0 Å². The summed E-state index contributed by atoms with van der Waals surface area (Å²) in [5.41, 5.74) is 8.99. The Hall–Kier alpha value is -1.70. The standard InChI is InChI=1S/C13H12Si/c1-3-11-14(4-2)12-10-13-8-6-5-7-9-13/h2-3,5-9,11,14H,1H3. The van der Waals surface area contributed by atoms with Crippen LogP contribution in [0, 0.1) is 23.4 Å². The van der Waals surface area contributed by atoms with Gasteiger partial charge < -0.3 is 0 Å². The summed E-state index contributed by atoms with van der Waals surface area (Å²) in [6, 6.07) is 9.92. The highest BCUT2D eigenvalue weighted by Crippen LogP contribution is 1.95. The molecule has 0 saturated heterocycles. The molecule has 1 aromatic carbocycles. The van der Waals surface area contributed by atoms with Gasteiger partial charge in [-0.2, -0.15) is 0 Å². The van der Waals surface area contributed by atoms with Gasteiger partial charge in [-0.25, -0.2) is 0 Å². The number of benzene rings is 1. The zero-order chi connectivity index (χ0) is 10.2. The van der Waals surface area contributed by atoms with Crippen molar-refractivity contribution in [2.75, 3.05) is 0 Å². The molecule has 0 aliphatic heterocycles. The van der Waals surface area contributed by atoms with Crippen LogP contribution in [-0.2, 0) is 0 Å². The van der Waals surface area contributed by atoms with E-state index in [0.29, 0.717) is 0 Å². The highest BCUT2D eigenvalue weighted by atomic mass is 28.3. The van der Waals surface area contributed by atoms with Crippen molar-refractivity contribution in [3.05, 3.63) is 47.7 Å². The van der Waals surface area contributed by atoms with Crippen molar-refractivity contribution in [3.8, 4) is 23.4 Å². The largest absolute Gasteiger partial charge is 0.224 e. The fourth-order valence-corrected chi connectivity index (χ4v) is 2.02. The highest BCUT2D eigenvalue weighted by Gasteiger charge is 1.94. The molecule has 0 fully saturated rings. The molecule has 14 heavy (non-hydrogen) atoms. The van der Waals surface area contributed by atoms with E-state index in [1.807, 2.05) is 43.3 Å². The van der Waals surface area contributed by atoms with Gasteiger partial charge >= 0.3 is 0 Å². The Kier molecular flexibility index (Phi) is 4.34. The van der Waals surface area contributed by atoms with Crippen molar-refractivity contribution in [1.29, 1.82) is 0 Å². The smallest absolute Gasteiger partial charge is 0.126 e. The maximum Gasteiger partial charge on any atom is 0.224 e. The average molecular weight is 196 g/mol. The monoisotopic (exact) mass is 196 g/mol. The molecule has 0 aliphatic rings. The van der Waals surface area contributed by atoms with Gasteiger partial charge in [-0.05, 0) is 19.1 Å². The molecular formula is C13H12Si. The molecule has 0 N–H and O–H groups in total. The summed E-state index contributed by atoms with van der Waals surface area (Å²) in [7, 11) is -1.40. The second-order valence-corrected chi connectivity index (χ2v) is 4.77. The molecular weight excluding hydrogens is 184 g/mol. The van der Waals surface area contributed by atoms with E-state index in [1.165, 1.54) is 0 Å². The number of hydrogen-bond donors (Lipinski definition) is 0. The maximum absolute atomic E-state index is 5.38. The lowest BCUT2D eigenvalue weighted by atomic mass is 10.2. The molecule has 1 rings (SSSR count). The summed E-state index contributed by atoms with van der Waals surface area (Å²) in [5, 5.41) is 0. The SMILES string of the molecule is C#C[SiH](C#Cc1ccccc1)C=CC. The quantitative estimate of drug-likeness (QED) is 0.476. The number of hydrogen-bond acceptors (Lipinski definition) is 0. The fourth-order valence-electron chi connectivity index (χ4n) is 1.02. The van der Waals surface area contributed by atoms with E-state index in [0.717, 1.165) is 5.56 Å². The van der Waals surface area contributed by atoms with Crippen LogP contribution in [0.4, 0.5) is 0 Å². The predicted molar refractivity (Wildman–Crippen MR) is 64.1 cm³/mol. The normalized spacial score (nSPS) is 11.4. The van der Waals surface area contributed by atoms with Gasteiger partial charge in [0.1, 0.15) is 0 Å². The van der Waals surface area contributed by atoms with E-state index >= 15 is 0 Å². The second-order valence-electron chi connectivity index (χ2n) is 2.81. The minimum Gasteiger partial charge on any atom is -0.126 e. The lowest BCUT2D eigenvalue weighted by molar-refractivity contribution is 1.65. The molecule has 1 unspecified atom stereocenters. The van der Waals surface area contributed by atoms with E-state index in [2.05, 4.69) is 22.7 Å². The van der Waals surface area contributed by atoms with Crippen molar-refractivity contribution in [3.63, 3.8) is 0 Å². The van der Waals surface area contributed by atoms with Gasteiger partial charge in [0.25, 0.3) is 0 Å². The molecule has 1 heteroatoms. The molecule has 1 aromatic rings. The van der Waals surface area contributed by atoms with E-state index in [1.54, 1.807) is 0 Å². The summed E-state index contributed by atoms with van der Waals surface area (Å²) in [6.45, 7) is 1.97. The van der Waals surface area contributed by atoms with Crippen LogP contribution < -0.4 is 0 Å². The zero-order valence-corrected chi connectivity index (χ0v) is 9.35. The summed E-state index contributed by atoms with van der Waals surface area (Å²) in [5.74, 6) is 3.10. The molecule has 0 amide bonds. The average Bonchev–Trinajstić information content (AvgIpc) is 2.25. The van der Waals surface area contributed by atoms with Gasteiger partial charge in [0.2, 0.25) is 8.80 Å². The molecule has 0 saturated carbocycles. The molecule has 1 atom stereocenters. The molecule has 0 heterocycles. The second kappa shape index (κ2) is 5.86. The van der Waals surface area contributed by atoms with Crippen LogP contribution in [0.15, 0.2) is 42.1 Å². The number of rotatable bonds is 1. The molecule has 0 radical (unpaired) electrons. The summed E-state index contributed by atoms with van der Waals surface area (Å²) in [6.07, 6.45) is 7.36. The first kappa shape index (κ1) is 10.4. The van der Waals surface area contributed by atoms with E-state index in [4.69, 9.17) is 6.42 Å². The Labute approximate surface area is 87.3 Å². The first-order valence-corrected chi connectivity index (χ1v) is 6.34.